The van der Waals surface area contributed by atoms with Gasteiger partial charge in [0.25, 0.3) is 5.91 Å². The molecule has 1 aromatic carbocycles. The van der Waals surface area contributed by atoms with Gasteiger partial charge in [-0.25, -0.2) is 0 Å². The van der Waals surface area contributed by atoms with Crippen molar-refractivity contribution >= 4 is 23.5 Å². The number of fused-ring (bicyclic) bond motifs is 1. The molecule has 2 rings (SSSR count). The Balaban J connectivity index is 2.03. The number of carbonyl (C=O) groups excluding carboxylic acids is 2. The van der Waals surface area contributed by atoms with Crippen LogP contribution in [-0.2, 0) is 19.1 Å². The Hall–Kier alpha value is -2.61. The number of benzene rings is 1. The summed E-state index contributed by atoms with van der Waals surface area (Å²) in [6, 6.07) is 6.89. The Morgan fingerprint density at radius 3 is 2.83 bits per heavy atom. The highest BCUT2D eigenvalue weighted by Crippen LogP contribution is 2.29. The number of ether oxygens (including phenoxy) is 2. The van der Waals surface area contributed by atoms with E-state index in [9.17, 15) is 14.4 Å². The van der Waals surface area contributed by atoms with E-state index >= 15 is 0 Å². The lowest BCUT2D eigenvalue weighted by Crippen LogP contribution is -2.44. The van der Waals surface area contributed by atoms with Gasteiger partial charge in [0.1, 0.15) is 12.3 Å². The fourth-order valence-electron chi connectivity index (χ4n) is 2.17. The minimum atomic E-state index is -1.13. The van der Waals surface area contributed by atoms with E-state index in [0.29, 0.717) is 11.4 Å². The van der Waals surface area contributed by atoms with Crippen molar-refractivity contribution in [2.45, 2.75) is 12.5 Å². The number of para-hydroxylation sites is 2. The van der Waals surface area contributed by atoms with Crippen molar-refractivity contribution in [3.8, 4) is 5.75 Å². The van der Waals surface area contributed by atoms with Crippen molar-refractivity contribution < 1.29 is 29.0 Å². The highest BCUT2D eigenvalue weighted by Gasteiger charge is 2.31. The van der Waals surface area contributed by atoms with Gasteiger partial charge in [0, 0.05) is 13.7 Å². The molecule has 1 unspecified atom stereocenters. The number of rotatable bonds is 7. The molecule has 1 heterocycles. The second-order valence-electron chi connectivity index (χ2n) is 5.00. The monoisotopic (exact) mass is 322 g/mol. The van der Waals surface area contributed by atoms with Crippen LogP contribution in [0.2, 0.25) is 0 Å². The zero-order chi connectivity index (χ0) is 16.8. The number of anilines is 1. The number of aliphatic carboxylic acids is 1. The molecule has 2 amide bonds. The molecule has 124 valence electrons. The topological polar surface area (TPSA) is 105 Å². The number of nitrogens with one attached hydrogen (secondary N) is 1. The molecule has 0 saturated carbocycles. The molecule has 8 heteroatoms. The van der Waals surface area contributed by atoms with E-state index < -0.39 is 30.4 Å². The summed E-state index contributed by atoms with van der Waals surface area (Å²) in [6.45, 7) is -0.112. The van der Waals surface area contributed by atoms with E-state index in [0.717, 1.165) is 4.90 Å². The van der Waals surface area contributed by atoms with Gasteiger partial charge in [0.15, 0.2) is 6.10 Å². The fourth-order valence-corrected chi connectivity index (χ4v) is 2.17. The summed E-state index contributed by atoms with van der Waals surface area (Å²) < 4.78 is 10.4. The van der Waals surface area contributed by atoms with E-state index in [1.165, 1.54) is 7.11 Å². The van der Waals surface area contributed by atoms with Gasteiger partial charge in [0.2, 0.25) is 5.91 Å². The molecule has 0 bridgehead atoms. The molecular formula is C15H18N2O6. The zero-order valence-corrected chi connectivity index (χ0v) is 12.7. The fraction of sp³-hybridized carbons (Fsp3) is 0.400. The smallest absolute Gasteiger partial charge is 0.323 e. The Kier molecular flexibility index (Phi) is 5.53. The van der Waals surface area contributed by atoms with Crippen molar-refractivity contribution in [1.82, 2.24) is 4.90 Å². The summed E-state index contributed by atoms with van der Waals surface area (Å²) in [5.74, 6) is -1.57. The molecule has 8 nitrogen and oxygen atoms in total. The zero-order valence-electron chi connectivity index (χ0n) is 12.7. The molecule has 0 fully saturated rings. The van der Waals surface area contributed by atoms with Crippen LogP contribution in [-0.4, -0.2) is 60.7 Å². The molecule has 0 aliphatic carbocycles. The lowest BCUT2D eigenvalue weighted by molar-refractivity contribution is -0.146. The minimum Gasteiger partial charge on any atom is -0.480 e. The van der Waals surface area contributed by atoms with Crippen molar-refractivity contribution in [3.05, 3.63) is 24.3 Å². The molecule has 1 aliphatic heterocycles. The number of hydrogen-bond acceptors (Lipinski definition) is 5. The normalized spacial score (nSPS) is 16.0. The first-order chi connectivity index (χ1) is 11.0. The number of methoxy groups -OCH3 is 1. The Labute approximate surface area is 133 Å². The minimum absolute atomic E-state index is 0.132. The lowest BCUT2D eigenvalue weighted by atomic mass is 10.1. The van der Waals surface area contributed by atoms with Crippen LogP contribution in [0.3, 0.4) is 0 Å². The van der Waals surface area contributed by atoms with Gasteiger partial charge in [-0.1, -0.05) is 12.1 Å². The molecule has 23 heavy (non-hydrogen) atoms. The molecule has 0 aromatic heterocycles. The largest absolute Gasteiger partial charge is 0.480 e. The second-order valence-corrected chi connectivity index (χ2v) is 5.00. The third-order valence-electron chi connectivity index (χ3n) is 3.31. The average Bonchev–Trinajstić information content (AvgIpc) is 2.51. The predicted molar refractivity (Wildman–Crippen MR) is 80.2 cm³/mol. The SMILES string of the molecule is COCCN(CC(=O)O)C(=O)CC1Oc2ccccc2NC1=O. The first-order valence-corrected chi connectivity index (χ1v) is 7.06. The highest BCUT2D eigenvalue weighted by molar-refractivity contribution is 6.00. The average molecular weight is 322 g/mol. The summed E-state index contributed by atoms with van der Waals surface area (Å²) >= 11 is 0. The first kappa shape index (κ1) is 16.8. The third kappa shape index (κ3) is 4.43. The van der Waals surface area contributed by atoms with Crippen LogP contribution in [0.15, 0.2) is 24.3 Å². The highest BCUT2D eigenvalue weighted by atomic mass is 16.5. The van der Waals surface area contributed by atoms with Gasteiger partial charge in [-0.3, -0.25) is 14.4 Å². The van der Waals surface area contributed by atoms with Crippen molar-refractivity contribution in [2.24, 2.45) is 0 Å². The standard InChI is InChI=1S/C15H18N2O6/c1-22-7-6-17(9-14(19)20)13(18)8-12-15(21)16-10-4-2-3-5-11(10)23-12/h2-5,12H,6-9H2,1H3,(H,16,21)(H,19,20). The summed E-state index contributed by atoms with van der Waals surface area (Å²) in [5, 5.41) is 11.5. The summed E-state index contributed by atoms with van der Waals surface area (Å²) in [7, 11) is 1.46. The van der Waals surface area contributed by atoms with E-state index in [1.54, 1.807) is 24.3 Å². The van der Waals surface area contributed by atoms with E-state index in [4.69, 9.17) is 14.6 Å². The number of carbonyl (C=O) groups is 3. The number of nitrogens with zero attached hydrogens (tertiary/aromatic N) is 1. The third-order valence-corrected chi connectivity index (χ3v) is 3.31. The molecule has 0 saturated heterocycles. The van der Waals surface area contributed by atoms with Crippen molar-refractivity contribution in [1.29, 1.82) is 0 Å². The van der Waals surface area contributed by atoms with Crippen LogP contribution in [0.1, 0.15) is 6.42 Å². The van der Waals surface area contributed by atoms with Crippen LogP contribution in [0.5, 0.6) is 5.75 Å². The predicted octanol–water partition coefficient (Wildman–Crippen LogP) is 0.336. The molecule has 1 aliphatic rings. The molecule has 1 atom stereocenters. The second kappa shape index (κ2) is 7.59. The van der Waals surface area contributed by atoms with Crippen molar-refractivity contribution in [2.75, 3.05) is 32.1 Å². The van der Waals surface area contributed by atoms with E-state index in [-0.39, 0.29) is 19.6 Å². The molecule has 2 N–H and O–H groups in total. The Morgan fingerprint density at radius 1 is 1.39 bits per heavy atom. The Morgan fingerprint density at radius 2 is 2.13 bits per heavy atom. The maximum Gasteiger partial charge on any atom is 0.323 e. The van der Waals surface area contributed by atoms with Crippen LogP contribution in [0, 0.1) is 0 Å². The van der Waals surface area contributed by atoms with E-state index in [1.807, 2.05) is 0 Å². The molecular weight excluding hydrogens is 304 g/mol. The maximum absolute atomic E-state index is 12.3. The number of hydrogen-bond donors (Lipinski definition) is 2. The van der Waals surface area contributed by atoms with Crippen LogP contribution in [0.4, 0.5) is 5.69 Å². The lowest BCUT2D eigenvalue weighted by Gasteiger charge is -2.27. The summed E-state index contributed by atoms with van der Waals surface area (Å²) in [4.78, 5) is 36.2. The van der Waals surface area contributed by atoms with Crippen molar-refractivity contribution in [3.63, 3.8) is 0 Å². The van der Waals surface area contributed by atoms with Crippen LogP contribution >= 0.6 is 0 Å². The van der Waals surface area contributed by atoms with Crippen LogP contribution < -0.4 is 10.1 Å². The van der Waals surface area contributed by atoms with Gasteiger partial charge in [-0.05, 0) is 12.1 Å². The summed E-state index contributed by atoms with van der Waals surface area (Å²) in [5.41, 5.74) is 0.544. The number of carboxylic acid groups (broad SMARTS) is 1. The Bertz CT molecular complexity index is 603. The van der Waals surface area contributed by atoms with Gasteiger partial charge in [-0.2, -0.15) is 0 Å². The first-order valence-electron chi connectivity index (χ1n) is 7.06. The summed E-state index contributed by atoms with van der Waals surface area (Å²) in [6.07, 6.45) is -1.23. The van der Waals surface area contributed by atoms with E-state index in [2.05, 4.69) is 5.32 Å². The molecule has 1 aromatic rings. The van der Waals surface area contributed by atoms with Gasteiger partial charge >= 0.3 is 5.97 Å². The number of amides is 2. The maximum atomic E-state index is 12.3. The van der Waals surface area contributed by atoms with Gasteiger partial charge in [-0.15, -0.1) is 0 Å². The number of carboxylic acids is 1. The van der Waals surface area contributed by atoms with Gasteiger partial charge < -0.3 is 24.8 Å². The quantitative estimate of drug-likeness (QED) is 0.750. The molecule has 0 radical (unpaired) electrons. The molecule has 0 spiro atoms. The van der Waals surface area contributed by atoms with Gasteiger partial charge in [0.05, 0.1) is 18.7 Å². The van der Waals surface area contributed by atoms with Crippen LogP contribution in [0.25, 0.3) is 0 Å².